The van der Waals surface area contributed by atoms with E-state index in [0.29, 0.717) is 0 Å². The molecule has 0 N–H and O–H groups in total. The van der Waals surface area contributed by atoms with Gasteiger partial charge in [0.2, 0.25) is 15.9 Å². The quantitative estimate of drug-likeness (QED) is 0.707. The lowest BCUT2D eigenvalue weighted by Gasteiger charge is -2.23. The smallest absolute Gasteiger partial charge is 0.340 e. The number of amides is 1. The summed E-state index contributed by atoms with van der Waals surface area (Å²) in [5.74, 6) is -0.614. The van der Waals surface area contributed by atoms with Crippen LogP contribution in [0.1, 0.15) is 22.3 Å². The fourth-order valence-corrected chi connectivity index (χ4v) is 3.93. The van der Waals surface area contributed by atoms with Crippen LogP contribution in [0, 0.1) is 13.8 Å². The zero-order chi connectivity index (χ0) is 22.0. The molecular formula is C20H23F3N2O3S. The fraction of sp³-hybridized carbons (Fsp3) is 0.350. The summed E-state index contributed by atoms with van der Waals surface area (Å²) >= 11 is 0. The molecule has 29 heavy (non-hydrogen) atoms. The minimum absolute atomic E-state index is 0.0565. The molecule has 0 heterocycles. The number of alkyl halides is 3. The van der Waals surface area contributed by atoms with Crippen molar-refractivity contribution in [2.75, 3.05) is 20.6 Å². The molecule has 0 aliphatic rings. The Morgan fingerprint density at radius 1 is 1.00 bits per heavy atom. The first kappa shape index (κ1) is 22.9. The van der Waals surface area contributed by atoms with E-state index >= 15 is 0 Å². The standard InChI is InChI=1S/C20H23F3N2O3S/c1-14-9-10-17(11-15(14)2)29(27,28)25(4)13-19(26)24(3)12-16-7-5-6-8-18(16)20(21,22)23/h5-11H,12-13H2,1-4H3. The third-order valence-electron chi connectivity index (χ3n) is 4.70. The summed E-state index contributed by atoms with van der Waals surface area (Å²) in [4.78, 5) is 13.6. The molecule has 0 saturated heterocycles. The lowest BCUT2D eigenvalue weighted by atomic mass is 10.1. The average molecular weight is 428 g/mol. The number of sulfonamides is 1. The van der Waals surface area contributed by atoms with E-state index in [1.54, 1.807) is 13.0 Å². The number of nitrogens with zero attached hydrogens (tertiary/aromatic N) is 2. The minimum atomic E-state index is -4.54. The molecule has 0 aliphatic carbocycles. The highest BCUT2D eigenvalue weighted by molar-refractivity contribution is 7.89. The number of aryl methyl sites for hydroxylation is 2. The van der Waals surface area contributed by atoms with E-state index in [-0.39, 0.29) is 17.0 Å². The van der Waals surface area contributed by atoms with Gasteiger partial charge in [-0.05, 0) is 48.7 Å². The summed E-state index contributed by atoms with van der Waals surface area (Å²) < 4.78 is 65.7. The first-order valence-electron chi connectivity index (χ1n) is 8.76. The summed E-state index contributed by atoms with van der Waals surface area (Å²) in [6.45, 7) is 2.87. The summed E-state index contributed by atoms with van der Waals surface area (Å²) in [6, 6.07) is 9.64. The van der Waals surface area contributed by atoms with E-state index in [1.807, 2.05) is 6.92 Å². The Morgan fingerprint density at radius 3 is 2.21 bits per heavy atom. The second-order valence-electron chi connectivity index (χ2n) is 6.91. The Labute approximate surface area is 168 Å². The fourth-order valence-electron chi connectivity index (χ4n) is 2.73. The molecule has 0 aliphatic heterocycles. The van der Waals surface area contributed by atoms with Crippen LogP contribution in [0.15, 0.2) is 47.4 Å². The topological polar surface area (TPSA) is 57.7 Å². The van der Waals surface area contributed by atoms with Crippen LogP contribution in [0.4, 0.5) is 13.2 Å². The number of carbonyl (C=O) groups is 1. The summed E-state index contributed by atoms with van der Waals surface area (Å²) in [5, 5.41) is 0. The van der Waals surface area contributed by atoms with Crippen molar-refractivity contribution in [1.82, 2.24) is 9.21 Å². The second-order valence-corrected chi connectivity index (χ2v) is 8.96. The van der Waals surface area contributed by atoms with Crippen molar-refractivity contribution in [2.45, 2.75) is 31.5 Å². The van der Waals surface area contributed by atoms with Crippen molar-refractivity contribution in [2.24, 2.45) is 0 Å². The molecule has 158 valence electrons. The van der Waals surface area contributed by atoms with Gasteiger partial charge in [0.15, 0.2) is 0 Å². The number of rotatable bonds is 6. The largest absolute Gasteiger partial charge is 0.416 e. The van der Waals surface area contributed by atoms with E-state index in [2.05, 4.69) is 0 Å². The maximum absolute atomic E-state index is 13.1. The molecule has 0 aromatic heterocycles. The SMILES string of the molecule is Cc1ccc(S(=O)(=O)N(C)CC(=O)N(C)Cc2ccccc2C(F)(F)F)cc1C. The maximum atomic E-state index is 13.1. The highest BCUT2D eigenvalue weighted by atomic mass is 32.2. The van der Waals surface area contributed by atoms with Crippen LogP contribution in [0.25, 0.3) is 0 Å². The number of hydrogen-bond donors (Lipinski definition) is 0. The number of halogens is 3. The molecule has 0 radical (unpaired) electrons. The molecule has 2 rings (SSSR count). The third kappa shape index (κ3) is 5.36. The van der Waals surface area contributed by atoms with Crippen LogP contribution in [-0.4, -0.2) is 44.2 Å². The molecule has 9 heteroatoms. The first-order chi connectivity index (χ1) is 13.3. The number of hydrogen-bond acceptors (Lipinski definition) is 3. The second kappa shape index (κ2) is 8.54. The minimum Gasteiger partial charge on any atom is -0.340 e. The van der Waals surface area contributed by atoms with Crippen LogP contribution < -0.4 is 0 Å². The van der Waals surface area contributed by atoms with E-state index in [0.717, 1.165) is 26.4 Å². The number of benzene rings is 2. The predicted octanol–water partition coefficient (Wildman–Crippen LogP) is 3.60. The van der Waals surface area contributed by atoms with Gasteiger partial charge in [0.1, 0.15) is 0 Å². The zero-order valence-corrected chi connectivity index (χ0v) is 17.4. The molecule has 0 atom stereocenters. The van der Waals surface area contributed by atoms with E-state index < -0.39 is 34.2 Å². The summed E-state index contributed by atoms with van der Waals surface area (Å²) in [5.41, 5.74) is 0.851. The molecule has 0 unspecified atom stereocenters. The lowest BCUT2D eigenvalue weighted by Crippen LogP contribution is -2.39. The third-order valence-corrected chi connectivity index (χ3v) is 6.50. The Hall–Kier alpha value is -2.39. The summed E-state index contributed by atoms with van der Waals surface area (Å²) in [6.07, 6.45) is -4.54. The van der Waals surface area contributed by atoms with Gasteiger partial charge in [0.25, 0.3) is 0 Å². The Balaban J connectivity index is 2.14. The van der Waals surface area contributed by atoms with Gasteiger partial charge >= 0.3 is 6.18 Å². The lowest BCUT2D eigenvalue weighted by molar-refractivity contribution is -0.139. The Bertz CT molecular complexity index is 1000. The van der Waals surface area contributed by atoms with Crippen molar-refractivity contribution in [1.29, 1.82) is 0 Å². The highest BCUT2D eigenvalue weighted by Crippen LogP contribution is 2.32. The van der Waals surface area contributed by atoms with Crippen LogP contribution in [0.3, 0.4) is 0 Å². The van der Waals surface area contributed by atoms with Crippen LogP contribution in [0.5, 0.6) is 0 Å². The van der Waals surface area contributed by atoms with Crippen LogP contribution in [-0.2, 0) is 27.5 Å². The van der Waals surface area contributed by atoms with Gasteiger partial charge < -0.3 is 4.90 Å². The molecule has 2 aromatic carbocycles. The van der Waals surface area contributed by atoms with Gasteiger partial charge in [0, 0.05) is 20.6 Å². The van der Waals surface area contributed by atoms with E-state index in [9.17, 15) is 26.4 Å². The Kier molecular flexibility index (Phi) is 6.74. The van der Waals surface area contributed by atoms with Crippen molar-refractivity contribution >= 4 is 15.9 Å². The summed E-state index contributed by atoms with van der Waals surface area (Å²) in [7, 11) is -1.30. The number of carbonyl (C=O) groups excluding carboxylic acids is 1. The average Bonchev–Trinajstić information content (AvgIpc) is 2.63. The molecular weight excluding hydrogens is 405 g/mol. The van der Waals surface area contributed by atoms with E-state index in [1.165, 1.54) is 44.4 Å². The van der Waals surface area contributed by atoms with Gasteiger partial charge in [-0.25, -0.2) is 8.42 Å². The molecule has 0 bridgehead atoms. The molecule has 0 saturated carbocycles. The van der Waals surface area contributed by atoms with Crippen LogP contribution >= 0.6 is 0 Å². The van der Waals surface area contributed by atoms with Gasteiger partial charge in [0.05, 0.1) is 17.0 Å². The van der Waals surface area contributed by atoms with Gasteiger partial charge in [-0.15, -0.1) is 0 Å². The van der Waals surface area contributed by atoms with Crippen molar-refractivity contribution in [3.05, 3.63) is 64.7 Å². The zero-order valence-electron chi connectivity index (χ0n) is 16.6. The number of likely N-dealkylation sites (N-methyl/N-ethyl adjacent to an activating group) is 2. The van der Waals surface area contributed by atoms with Crippen LogP contribution in [0.2, 0.25) is 0 Å². The molecule has 1 amide bonds. The Morgan fingerprint density at radius 2 is 1.62 bits per heavy atom. The monoisotopic (exact) mass is 428 g/mol. The van der Waals surface area contributed by atoms with Gasteiger partial charge in [-0.3, -0.25) is 4.79 Å². The molecule has 2 aromatic rings. The van der Waals surface area contributed by atoms with Gasteiger partial charge in [-0.1, -0.05) is 24.3 Å². The van der Waals surface area contributed by atoms with Crippen molar-refractivity contribution in [3.63, 3.8) is 0 Å². The molecule has 0 spiro atoms. The highest BCUT2D eigenvalue weighted by Gasteiger charge is 2.33. The van der Waals surface area contributed by atoms with Gasteiger partial charge in [-0.2, -0.15) is 17.5 Å². The van der Waals surface area contributed by atoms with Crippen molar-refractivity contribution in [3.8, 4) is 0 Å². The molecule has 5 nitrogen and oxygen atoms in total. The predicted molar refractivity (Wildman–Crippen MR) is 104 cm³/mol. The maximum Gasteiger partial charge on any atom is 0.416 e. The van der Waals surface area contributed by atoms with Crippen molar-refractivity contribution < 1.29 is 26.4 Å². The normalized spacial score (nSPS) is 12.3. The molecule has 0 fully saturated rings. The first-order valence-corrected chi connectivity index (χ1v) is 10.2. The van der Waals surface area contributed by atoms with E-state index in [4.69, 9.17) is 0 Å².